The largest absolute Gasteiger partial charge is 0.508 e. The van der Waals surface area contributed by atoms with Crippen LogP contribution in [0, 0.1) is 10.1 Å². The van der Waals surface area contributed by atoms with Crippen LogP contribution in [0.3, 0.4) is 0 Å². The summed E-state index contributed by atoms with van der Waals surface area (Å²) in [6, 6.07) is 8.34. The van der Waals surface area contributed by atoms with Crippen LogP contribution < -0.4 is 11.3 Å². The van der Waals surface area contributed by atoms with Crippen LogP contribution in [0.1, 0.15) is 22.3 Å². The number of fused-ring (bicyclic) bond motifs is 5. The number of nitrogens with zero attached hydrogens (tertiary/aromatic N) is 2. The van der Waals surface area contributed by atoms with Crippen LogP contribution in [0.5, 0.6) is 5.75 Å². The summed E-state index contributed by atoms with van der Waals surface area (Å²) >= 11 is 0. The highest BCUT2D eigenvalue weighted by atomic mass is 79.9. The molecule has 28 heavy (non-hydrogen) atoms. The Morgan fingerprint density at radius 2 is 1.82 bits per heavy atom. The second kappa shape index (κ2) is 7.17. The van der Waals surface area contributed by atoms with E-state index in [9.17, 15) is 24.8 Å². The second-order valence-corrected chi connectivity index (χ2v) is 6.37. The molecule has 0 unspecified atom stereocenters. The van der Waals surface area contributed by atoms with Gasteiger partial charge < -0.3 is 15.4 Å². The molecule has 1 aromatic heterocycles. The van der Waals surface area contributed by atoms with Gasteiger partial charge in [-0.1, -0.05) is 0 Å². The molecule has 1 aliphatic rings. The topological polar surface area (TPSA) is 128 Å². The number of carbonyl (C=O) groups excluding carboxylic acids is 1. The molecule has 0 atom stereocenters. The van der Waals surface area contributed by atoms with E-state index in [0.29, 0.717) is 40.7 Å². The predicted octanol–water partition coefficient (Wildman–Crippen LogP) is 2.75. The number of aromatic hydroxyl groups is 1. The highest BCUT2D eigenvalue weighted by Crippen LogP contribution is 2.41. The summed E-state index contributed by atoms with van der Waals surface area (Å²) in [6.07, 6.45) is 0.508. The van der Waals surface area contributed by atoms with Crippen molar-refractivity contribution < 1.29 is 14.8 Å². The van der Waals surface area contributed by atoms with Crippen molar-refractivity contribution in [1.29, 1.82) is 0 Å². The number of non-ortho nitro benzene ring substituents is 1. The number of carbonyl (C=O) groups is 1. The highest BCUT2D eigenvalue weighted by molar-refractivity contribution is 8.93. The van der Waals surface area contributed by atoms with E-state index in [1.54, 1.807) is 6.07 Å². The molecule has 9 heteroatoms. The molecule has 3 aromatic rings. The van der Waals surface area contributed by atoms with Gasteiger partial charge in [-0.25, -0.2) is 0 Å². The first-order chi connectivity index (χ1) is 12.9. The molecule has 0 bridgehead atoms. The van der Waals surface area contributed by atoms with Crippen LogP contribution in [-0.2, 0) is 6.54 Å². The number of nitro groups is 1. The first kappa shape index (κ1) is 19.7. The van der Waals surface area contributed by atoms with Gasteiger partial charge in [0.15, 0.2) is 5.78 Å². The lowest BCUT2D eigenvalue weighted by molar-refractivity contribution is -0.384. The molecule has 0 saturated carbocycles. The second-order valence-electron chi connectivity index (χ2n) is 6.37. The van der Waals surface area contributed by atoms with Crippen LogP contribution in [0.15, 0.2) is 41.2 Å². The van der Waals surface area contributed by atoms with Crippen molar-refractivity contribution in [3.63, 3.8) is 0 Å². The maximum Gasteiger partial charge on any atom is 0.270 e. The van der Waals surface area contributed by atoms with E-state index in [0.717, 1.165) is 0 Å². The minimum Gasteiger partial charge on any atom is -0.508 e. The average Bonchev–Trinajstić information content (AvgIpc) is 2.93. The van der Waals surface area contributed by atoms with Crippen LogP contribution in [-0.4, -0.2) is 26.9 Å². The van der Waals surface area contributed by atoms with E-state index < -0.39 is 10.5 Å². The minimum absolute atomic E-state index is 0. The quantitative estimate of drug-likeness (QED) is 0.367. The van der Waals surface area contributed by atoms with E-state index in [2.05, 4.69) is 0 Å². The van der Waals surface area contributed by atoms with E-state index in [4.69, 9.17) is 5.73 Å². The van der Waals surface area contributed by atoms with Gasteiger partial charge in [0.2, 0.25) is 0 Å². The zero-order chi connectivity index (χ0) is 19.3. The maximum absolute atomic E-state index is 13.1. The Balaban J connectivity index is 0.00000225. The normalized spacial score (nSPS) is 11.8. The number of phenolic OH excluding ortho intramolecular Hbond substituents is 1. The molecule has 1 aliphatic carbocycles. The highest BCUT2D eigenvalue weighted by Gasteiger charge is 2.33. The molecule has 144 valence electrons. The predicted molar refractivity (Wildman–Crippen MR) is 109 cm³/mol. The Morgan fingerprint density at radius 1 is 1.07 bits per heavy atom. The number of halogens is 1. The Kier molecular flexibility index (Phi) is 5.05. The van der Waals surface area contributed by atoms with Crippen molar-refractivity contribution in [2.24, 2.45) is 5.73 Å². The number of pyridine rings is 1. The lowest BCUT2D eigenvalue weighted by atomic mass is 10.0. The molecular weight excluding hydrogens is 430 g/mol. The van der Waals surface area contributed by atoms with Gasteiger partial charge in [-0.3, -0.25) is 19.7 Å². The van der Waals surface area contributed by atoms with E-state index in [1.165, 1.54) is 34.9 Å². The van der Waals surface area contributed by atoms with E-state index >= 15 is 0 Å². The summed E-state index contributed by atoms with van der Waals surface area (Å²) in [6.45, 7) is 0.633. The third kappa shape index (κ3) is 2.79. The number of hydrogen-bond acceptors (Lipinski definition) is 6. The molecule has 0 amide bonds. The summed E-state index contributed by atoms with van der Waals surface area (Å²) in [7, 11) is 0. The van der Waals surface area contributed by atoms with Crippen molar-refractivity contribution in [3.05, 3.63) is 68.0 Å². The van der Waals surface area contributed by atoms with Crippen LogP contribution in [0.25, 0.3) is 22.0 Å². The van der Waals surface area contributed by atoms with Gasteiger partial charge in [-0.2, -0.15) is 0 Å². The monoisotopic (exact) mass is 445 g/mol. The summed E-state index contributed by atoms with van der Waals surface area (Å²) in [5.41, 5.74) is 6.60. The molecule has 1 heterocycles. The fourth-order valence-corrected chi connectivity index (χ4v) is 3.58. The zero-order valence-electron chi connectivity index (χ0n) is 14.5. The maximum atomic E-state index is 13.1. The number of benzene rings is 2. The SMILES string of the molecule is Br.NCCCn1c2c(c3ccc([N+](=O)[O-])cc3c1=O)C(=O)c1cc(O)ccc1-2. The molecular formula is C19H16BrN3O5. The molecule has 0 saturated heterocycles. The number of ketones is 1. The molecule has 0 radical (unpaired) electrons. The molecule has 8 nitrogen and oxygen atoms in total. The molecule has 3 N–H and O–H groups in total. The van der Waals surface area contributed by atoms with Gasteiger partial charge in [0, 0.05) is 35.2 Å². The molecule has 2 aromatic carbocycles. The van der Waals surface area contributed by atoms with Gasteiger partial charge in [-0.05, 0) is 37.2 Å². The number of aromatic nitrogens is 1. The van der Waals surface area contributed by atoms with E-state index in [1.807, 2.05) is 0 Å². The number of nitrogens with two attached hydrogens (primary N) is 1. The average molecular weight is 446 g/mol. The van der Waals surface area contributed by atoms with Crippen LogP contribution >= 0.6 is 17.0 Å². The lowest BCUT2D eigenvalue weighted by Gasteiger charge is -2.14. The fraction of sp³-hybridized carbons (Fsp3) is 0.158. The smallest absolute Gasteiger partial charge is 0.270 e. The van der Waals surface area contributed by atoms with Gasteiger partial charge in [0.05, 0.1) is 21.6 Å². The van der Waals surface area contributed by atoms with Crippen LogP contribution in [0.2, 0.25) is 0 Å². The Labute approximate surface area is 169 Å². The van der Waals surface area contributed by atoms with Gasteiger partial charge in [0.1, 0.15) is 5.75 Å². The Hall–Kier alpha value is -3.04. The fourth-order valence-electron chi connectivity index (χ4n) is 3.58. The number of hydrogen-bond donors (Lipinski definition) is 2. The molecule has 0 fully saturated rings. The minimum atomic E-state index is -0.578. The molecule has 0 aliphatic heterocycles. The lowest BCUT2D eigenvalue weighted by Crippen LogP contribution is -2.24. The molecule has 0 spiro atoms. The Morgan fingerprint density at radius 3 is 2.50 bits per heavy atom. The summed E-state index contributed by atoms with van der Waals surface area (Å²) < 4.78 is 1.45. The number of phenols is 1. The third-order valence-electron chi connectivity index (χ3n) is 4.78. The van der Waals surface area contributed by atoms with Gasteiger partial charge in [-0.15, -0.1) is 17.0 Å². The zero-order valence-corrected chi connectivity index (χ0v) is 16.3. The van der Waals surface area contributed by atoms with Crippen molar-refractivity contribution >= 4 is 39.2 Å². The first-order valence-electron chi connectivity index (χ1n) is 8.37. The number of rotatable bonds is 4. The van der Waals surface area contributed by atoms with Crippen molar-refractivity contribution in [2.75, 3.05) is 6.54 Å². The van der Waals surface area contributed by atoms with Gasteiger partial charge >= 0.3 is 0 Å². The summed E-state index contributed by atoms with van der Waals surface area (Å²) in [4.78, 5) is 36.7. The van der Waals surface area contributed by atoms with E-state index in [-0.39, 0.29) is 46.1 Å². The van der Waals surface area contributed by atoms with Crippen molar-refractivity contribution in [1.82, 2.24) is 4.57 Å². The summed E-state index contributed by atoms with van der Waals surface area (Å²) in [5, 5.41) is 21.4. The van der Waals surface area contributed by atoms with Gasteiger partial charge in [0.25, 0.3) is 11.2 Å². The number of nitro benzene ring substituents is 1. The third-order valence-corrected chi connectivity index (χ3v) is 4.78. The summed E-state index contributed by atoms with van der Waals surface area (Å²) in [5.74, 6) is -0.373. The molecule has 4 rings (SSSR count). The first-order valence-corrected chi connectivity index (χ1v) is 8.37. The van der Waals surface area contributed by atoms with Crippen LogP contribution in [0.4, 0.5) is 5.69 Å². The van der Waals surface area contributed by atoms with Crippen molar-refractivity contribution in [3.8, 4) is 17.0 Å². The Bertz CT molecular complexity index is 1200. The standard InChI is InChI=1S/C19H15N3O5.BrH/c20-6-1-7-21-17-13-5-3-11(23)9-14(13)18(24)16(17)12-4-2-10(22(26)27)8-15(12)19(21)25;/h2-5,8-9,23H,1,6-7,20H2;1H. The van der Waals surface area contributed by atoms with Crippen molar-refractivity contribution in [2.45, 2.75) is 13.0 Å².